The van der Waals surface area contributed by atoms with Gasteiger partial charge < -0.3 is 20.3 Å². The highest BCUT2D eigenvalue weighted by Gasteiger charge is 2.13. The van der Waals surface area contributed by atoms with Crippen molar-refractivity contribution in [1.29, 1.82) is 0 Å². The molecule has 2 rings (SSSR count). The summed E-state index contributed by atoms with van der Waals surface area (Å²) in [7, 11) is 7.10. The molecule has 6 nitrogen and oxygen atoms in total. The minimum atomic E-state index is -0.772. The zero-order chi connectivity index (χ0) is 27.8. The smallest absolute Gasteiger partial charge is 0.310 e. The number of phenolic OH excluding ortho intramolecular Hbond substituents is 1. The van der Waals surface area contributed by atoms with Gasteiger partial charge in [-0.15, -0.1) is 0 Å². The largest absolute Gasteiger partial charge is 0.504 e. The second kappa shape index (κ2) is 17.3. The number of benzene rings is 2. The summed E-state index contributed by atoms with van der Waals surface area (Å²) < 4.78 is 5.03. The van der Waals surface area contributed by atoms with Crippen molar-refractivity contribution in [3.05, 3.63) is 71.3 Å². The first-order valence-electron chi connectivity index (χ1n) is 12.9. The number of methoxy groups -OCH3 is 1. The van der Waals surface area contributed by atoms with Gasteiger partial charge in [-0.3, -0.25) is 9.59 Å². The second-order valence-corrected chi connectivity index (χ2v) is 9.72. The van der Waals surface area contributed by atoms with Crippen LogP contribution in [0.4, 0.5) is 0 Å². The molecule has 2 aromatic carbocycles. The highest BCUT2D eigenvalue weighted by Crippen LogP contribution is 2.26. The van der Waals surface area contributed by atoms with Crippen LogP contribution in [0.5, 0.6) is 11.5 Å². The van der Waals surface area contributed by atoms with Crippen LogP contribution in [-0.4, -0.2) is 37.0 Å². The number of phenols is 1. The number of allylic oxidation sites excluding steroid dienone is 2. The van der Waals surface area contributed by atoms with Crippen LogP contribution < -0.4 is 10.1 Å². The average molecular weight is 507 g/mol. The van der Waals surface area contributed by atoms with Gasteiger partial charge in [0.05, 0.1) is 20.9 Å². The molecule has 0 bridgehead atoms. The normalized spacial score (nSPS) is 12.5. The van der Waals surface area contributed by atoms with Gasteiger partial charge in [-0.1, -0.05) is 69.1 Å². The van der Waals surface area contributed by atoms with Crippen molar-refractivity contribution in [2.45, 2.75) is 78.1 Å². The summed E-state index contributed by atoms with van der Waals surface area (Å²) in [5, 5.41) is 21.2. The number of amides is 1. The van der Waals surface area contributed by atoms with Crippen molar-refractivity contribution in [2.75, 3.05) is 7.11 Å². The lowest BCUT2D eigenvalue weighted by molar-refractivity contribution is -0.138. The van der Waals surface area contributed by atoms with Crippen molar-refractivity contribution in [3.63, 3.8) is 0 Å². The molecular weight excluding hydrogens is 465 g/mol. The Balaban J connectivity index is 0.000000397. The Morgan fingerprint density at radius 1 is 1.03 bits per heavy atom. The van der Waals surface area contributed by atoms with E-state index in [0.717, 1.165) is 36.8 Å². The van der Waals surface area contributed by atoms with Gasteiger partial charge in [0, 0.05) is 13.0 Å². The molecule has 1 amide bonds. The van der Waals surface area contributed by atoms with E-state index >= 15 is 0 Å². The fourth-order valence-corrected chi connectivity index (χ4v) is 3.54. The van der Waals surface area contributed by atoms with E-state index < -0.39 is 11.9 Å². The van der Waals surface area contributed by atoms with Crippen LogP contribution in [0.15, 0.2) is 54.6 Å². The van der Waals surface area contributed by atoms with Gasteiger partial charge in [0.15, 0.2) is 11.5 Å². The number of carboxylic acids is 1. The zero-order valence-corrected chi connectivity index (χ0v) is 22.9. The molecule has 0 aromatic heterocycles. The maximum atomic E-state index is 11.7. The molecule has 2 aromatic rings. The van der Waals surface area contributed by atoms with Crippen molar-refractivity contribution < 1.29 is 24.5 Å². The number of unbranched alkanes of at least 4 members (excludes halogenated alkanes) is 2. The minimum absolute atomic E-state index is 0.0308. The van der Waals surface area contributed by atoms with Gasteiger partial charge in [-0.25, -0.2) is 0 Å². The Labute approximate surface area is 223 Å². The van der Waals surface area contributed by atoms with E-state index in [1.165, 1.54) is 12.7 Å². The highest BCUT2D eigenvalue weighted by molar-refractivity contribution is 6.12. The van der Waals surface area contributed by atoms with Crippen molar-refractivity contribution >= 4 is 19.7 Å². The standard InChI is InChI=1S/C17H24BNO3.C13H18O2/c1-13(18)7-5-3-4-6-8-17(21)19-12-14-9-10-15(20)16(11-14)22-2;1-9(2)8-11-4-6-12(7-5-11)10(3)13(14)15/h5,7,9-11,13,20H,3-4,6,8,12H2,1-2H3,(H,19,21);4-7,9-10H,8H2,1-3H3,(H,14,15)/b7-5+;. The van der Waals surface area contributed by atoms with E-state index in [1.54, 1.807) is 25.1 Å². The minimum Gasteiger partial charge on any atom is -0.504 e. The molecule has 0 spiro atoms. The van der Waals surface area contributed by atoms with E-state index in [1.807, 2.05) is 37.3 Å². The molecule has 0 aliphatic carbocycles. The number of carbonyl (C=O) groups excluding carboxylic acids is 1. The molecule has 2 unspecified atom stereocenters. The summed E-state index contributed by atoms with van der Waals surface area (Å²) in [5.41, 5.74) is 3.03. The van der Waals surface area contributed by atoms with E-state index in [2.05, 4.69) is 25.2 Å². The molecule has 0 saturated carbocycles. The molecular formula is C30H42BNO5. The Kier molecular flexibility index (Phi) is 14.9. The summed E-state index contributed by atoms with van der Waals surface area (Å²) in [4.78, 5) is 22.5. The van der Waals surface area contributed by atoms with Crippen LogP contribution in [0.25, 0.3) is 0 Å². The number of ether oxygens (including phenoxy) is 1. The highest BCUT2D eigenvalue weighted by atomic mass is 16.5. The fourth-order valence-electron chi connectivity index (χ4n) is 3.54. The molecule has 0 heterocycles. The van der Waals surface area contributed by atoms with Gasteiger partial charge >= 0.3 is 5.97 Å². The van der Waals surface area contributed by atoms with Crippen molar-refractivity contribution in [2.24, 2.45) is 5.92 Å². The molecule has 0 aliphatic rings. The van der Waals surface area contributed by atoms with E-state index in [0.29, 0.717) is 24.6 Å². The molecule has 2 atom stereocenters. The van der Waals surface area contributed by atoms with E-state index in [9.17, 15) is 14.7 Å². The topological polar surface area (TPSA) is 95.9 Å². The molecule has 200 valence electrons. The molecule has 0 aliphatic heterocycles. The first-order chi connectivity index (χ1) is 17.5. The number of aliphatic carboxylic acids is 1. The summed E-state index contributed by atoms with van der Waals surface area (Å²) in [6.45, 7) is 8.42. The zero-order valence-electron chi connectivity index (χ0n) is 22.9. The number of hydrogen-bond donors (Lipinski definition) is 3. The number of aromatic hydroxyl groups is 1. The van der Waals surface area contributed by atoms with Crippen LogP contribution in [0.1, 0.15) is 76.0 Å². The van der Waals surface area contributed by atoms with Crippen molar-refractivity contribution in [1.82, 2.24) is 5.32 Å². The number of rotatable bonds is 13. The lowest BCUT2D eigenvalue weighted by atomic mass is 9.89. The van der Waals surface area contributed by atoms with E-state index in [4.69, 9.17) is 17.7 Å². The van der Waals surface area contributed by atoms with Crippen molar-refractivity contribution in [3.8, 4) is 11.5 Å². The third kappa shape index (κ3) is 13.6. The first kappa shape index (κ1) is 31.8. The lowest BCUT2D eigenvalue weighted by Gasteiger charge is -2.09. The van der Waals surface area contributed by atoms with Crippen LogP contribution in [0.3, 0.4) is 0 Å². The number of hydrogen-bond acceptors (Lipinski definition) is 4. The lowest BCUT2D eigenvalue weighted by Crippen LogP contribution is -2.22. The fraction of sp³-hybridized carbons (Fsp3) is 0.467. The van der Waals surface area contributed by atoms with Gasteiger partial charge in [-0.2, -0.15) is 0 Å². The molecule has 2 radical (unpaired) electrons. The van der Waals surface area contributed by atoms with Crippen LogP contribution >= 0.6 is 0 Å². The van der Waals surface area contributed by atoms with Crippen LogP contribution in [0, 0.1) is 5.92 Å². The van der Waals surface area contributed by atoms with Crippen LogP contribution in [0.2, 0.25) is 5.82 Å². The summed E-state index contributed by atoms with van der Waals surface area (Å²) in [6.07, 6.45) is 8.37. The average Bonchev–Trinajstić information content (AvgIpc) is 2.85. The third-order valence-corrected chi connectivity index (χ3v) is 5.69. The number of carboxylic acid groups (broad SMARTS) is 1. The van der Waals surface area contributed by atoms with Crippen LogP contribution in [-0.2, 0) is 22.6 Å². The van der Waals surface area contributed by atoms with Gasteiger partial charge in [0.25, 0.3) is 0 Å². The summed E-state index contributed by atoms with van der Waals surface area (Å²) >= 11 is 0. The maximum Gasteiger partial charge on any atom is 0.310 e. The number of nitrogens with one attached hydrogen (secondary N) is 1. The third-order valence-electron chi connectivity index (χ3n) is 5.69. The second-order valence-electron chi connectivity index (χ2n) is 9.72. The molecule has 37 heavy (non-hydrogen) atoms. The van der Waals surface area contributed by atoms with Gasteiger partial charge in [-0.05, 0) is 67.3 Å². The van der Waals surface area contributed by atoms with E-state index in [-0.39, 0.29) is 17.5 Å². The monoisotopic (exact) mass is 507 g/mol. The first-order valence-corrected chi connectivity index (χ1v) is 12.9. The Hall–Kier alpha value is -3.22. The molecule has 7 heteroatoms. The number of carbonyl (C=O) groups is 2. The Morgan fingerprint density at radius 3 is 2.24 bits per heavy atom. The molecule has 0 fully saturated rings. The molecule has 3 N–H and O–H groups in total. The Morgan fingerprint density at radius 2 is 1.68 bits per heavy atom. The quantitative estimate of drug-likeness (QED) is 0.171. The summed E-state index contributed by atoms with van der Waals surface area (Å²) in [5.74, 6) is 0.0661. The van der Waals surface area contributed by atoms with Gasteiger partial charge in [0.1, 0.15) is 0 Å². The predicted molar refractivity (Wildman–Crippen MR) is 150 cm³/mol. The van der Waals surface area contributed by atoms with Gasteiger partial charge in [0.2, 0.25) is 5.91 Å². The Bertz CT molecular complexity index is 986. The maximum absolute atomic E-state index is 11.7. The SMILES string of the molecule is CC(C)Cc1ccc(C(C)C(=O)O)cc1.[B]C(C)/C=C/CCCCC(=O)NCc1ccc(O)c(OC)c1. The predicted octanol–water partition coefficient (Wildman–Crippen LogP) is 6.18. The molecule has 0 saturated heterocycles. The summed E-state index contributed by atoms with van der Waals surface area (Å²) in [6, 6.07) is 12.9.